The maximum Gasteiger partial charge on any atom is 0.256 e. The van der Waals surface area contributed by atoms with Gasteiger partial charge in [0.25, 0.3) is 5.91 Å². The Labute approximate surface area is 163 Å². The monoisotopic (exact) mass is 374 g/mol. The second kappa shape index (κ2) is 7.68. The van der Waals surface area contributed by atoms with Crippen molar-refractivity contribution in [3.05, 3.63) is 84.1 Å². The van der Waals surface area contributed by atoms with Crippen LogP contribution in [0.1, 0.15) is 41.6 Å². The van der Waals surface area contributed by atoms with Crippen LogP contribution in [0.15, 0.2) is 71.6 Å². The lowest BCUT2D eigenvalue weighted by molar-refractivity contribution is 0.0717. The van der Waals surface area contributed by atoms with Crippen molar-refractivity contribution in [1.29, 1.82) is 0 Å². The minimum absolute atomic E-state index is 0.0908. The van der Waals surface area contributed by atoms with E-state index in [0.29, 0.717) is 18.7 Å². The Balaban J connectivity index is 1.65. The van der Waals surface area contributed by atoms with Crippen LogP contribution in [-0.4, -0.2) is 25.6 Å². The van der Waals surface area contributed by atoms with Crippen molar-refractivity contribution in [2.45, 2.75) is 33.0 Å². The molecule has 0 aliphatic rings. The van der Waals surface area contributed by atoms with Gasteiger partial charge in [-0.15, -0.1) is 0 Å². The zero-order valence-electron chi connectivity index (χ0n) is 15.9. The molecule has 28 heavy (non-hydrogen) atoms. The molecule has 0 atom stereocenters. The summed E-state index contributed by atoms with van der Waals surface area (Å²) in [5, 5.41) is 5.24. The second-order valence-corrected chi connectivity index (χ2v) is 7.05. The minimum atomic E-state index is -0.0908. The zero-order valence-corrected chi connectivity index (χ0v) is 15.9. The molecule has 0 N–H and O–H groups in total. The first-order valence-corrected chi connectivity index (χ1v) is 9.30. The quantitative estimate of drug-likeness (QED) is 0.500. The predicted octanol–water partition coefficient (Wildman–Crippen LogP) is 4.45. The van der Waals surface area contributed by atoms with Gasteiger partial charge in [0.15, 0.2) is 5.65 Å². The number of pyridine rings is 1. The van der Waals surface area contributed by atoms with E-state index in [9.17, 15) is 4.79 Å². The summed E-state index contributed by atoms with van der Waals surface area (Å²) >= 11 is 0. The minimum Gasteiger partial charge on any atom is -0.467 e. The smallest absolute Gasteiger partial charge is 0.256 e. The number of hydrogen-bond donors (Lipinski definition) is 0. The van der Waals surface area contributed by atoms with Gasteiger partial charge in [-0.1, -0.05) is 30.3 Å². The zero-order chi connectivity index (χ0) is 19.5. The Morgan fingerprint density at radius 3 is 2.64 bits per heavy atom. The molecule has 3 aromatic heterocycles. The molecule has 6 nitrogen and oxygen atoms in total. The van der Waals surface area contributed by atoms with E-state index >= 15 is 0 Å². The summed E-state index contributed by atoms with van der Waals surface area (Å²) in [6.45, 7) is 4.99. The average molecular weight is 374 g/mol. The molecule has 3 heterocycles. The molecule has 0 bridgehead atoms. The molecule has 0 radical (unpaired) electrons. The van der Waals surface area contributed by atoms with Crippen molar-refractivity contribution in [1.82, 2.24) is 19.7 Å². The van der Waals surface area contributed by atoms with E-state index in [-0.39, 0.29) is 11.9 Å². The molecule has 0 saturated carbocycles. The number of aromatic nitrogens is 3. The fourth-order valence-electron chi connectivity index (χ4n) is 3.21. The van der Waals surface area contributed by atoms with E-state index in [4.69, 9.17) is 4.42 Å². The lowest BCUT2D eigenvalue weighted by atomic mass is 10.1. The average Bonchev–Trinajstić information content (AvgIpc) is 3.36. The number of nitrogens with zero attached hydrogens (tertiary/aromatic N) is 4. The maximum absolute atomic E-state index is 13.3. The van der Waals surface area contributed by atoms with Crippen molar-refractivity contribution in [3.8, 4) is 0 Å². The highest BCUT2D eigenvalue weighted by atomic mass is 16.3. The molecule has 142 valence electrons. The van der Waals surface area contributed by atoms with Crippen LogP contribution in [0.5, 0.6) is 0 Å². The predicted molar refractivity (Wildman–Crippen MR) is 107 cm³/mol. The Morgan fingerprint density at radius 1 is 1.11 bits per heavy atom. The molecule has 0 aliphatic carbocycles. The number of furan rings is 1. The topological polar surface area (TPSA) is 64.2 Å². The van der Waals surface area contributed by atoms with Gasteiger partial charge in [-0.05, 0) is 37.6 Å². The fourth-order valence-corrected chi connectivity index (χ4v) is 3.21. The summed E-state index contributed by atoms with van der Waals surface area (Å²) in [4.78, 5) is 19.5. The third-order valence-electron chi connectivity index (χ3n) is 4.60. The van der Waals surface area contributed by atoms with E-state index in [1.54, 1.807) is 23.6 Å². The number of hydrogen-bond acceptors (Lipinski definition) is 4. The lowest BCUT2D eigenvalue weighted by Crippen LogP contribution is -2.30. The SMILES string of the molecule is CC(C)n1ncc2cc(C(=O)N(Cc3ccccc3)Cc3ccco3)cnc21. The third kappa shape index (κ3) is 3.67. The van der Waals surface area contributed by atoms with Gasteiger partial charge in [-0.25, -0.2) is 9.67 Å². The van der Waals surface area contributed by atoms with Crippen molar-refractivity contribution >= 4 is 16.9 Å². The van der Waals surface area contributed by atoms with E-state index in [1.165, 1.54) is 0 Å². The molecule has 4 rings (SSSR count). The largest absolute Gasteiger partial charge is 0.467 e. The Morgan fingerprint density at radius 2 is 1.93 bits per heavy atom. The number of benzene rings is 1. The molecule has 1 amide bonds. The second-order valence-electron chi connectivity index (χ2n) is 7.05. The van der Waals surface area contributed by atoms with E-state index in [1.807, 2.05) is 53.2 Å². The van der Waals surface area contributed by atoms with Crippen molar-refractivity contribution in [2.24, 2.45) is 0 Å². The first kappa shape index (κ1) is 18.0. The van der Waals surface area contributed by atoms with Gasteiger partial charge in [0.1, 0.15) is 5.76 Å². The highest BCUT2D eigenvalue weighted by Gasteiger charge is 2.19. The highest BCUT2D eigenvalue weighted by Crippen LogP contribution is 2.19. The molecule has 6 heteroatoms. The highest BCUT2D eigenvalue weighted by molar-refractivity contribution is 5.96. The summed E-state index contributed by atoms with van der Waals surface area (Å²) in [6.07, 6.45) is 5.01. The Kier molecular flexibility index (Phi) is 4.93. The van der Waals surface area contributed by atoms with Crippen LogP contribution >= 0.6 is 0 Å². The summed E-state index contributed by atoms with van der Waals surface area (Å²) < 4.78 is 7.32. The molecule has 0 fully saturated rings. The van der Waals surface area contributed by atoms with Gasteiger partial charge in [0.05, 0.1) is 24.6 Å². The van der Waals surface area contributed by atoms with Crippen LogP contribution in [0.3, 0.4) is 0 Å². The lowest BCUT2D eigenvalue weighted by Gasteiger charge is -2.22. The number of amides is 1. The van der Waals surface area contributed by atoms with Gasteiger partial charge in [0, 0.05) is 24.2 Å². The summed E-state index contributed by atoms with van der Waals surface area (Å²) in [7, 11) is 0. The standard InChI is InChI=1S/C22H22N4O2/c1-16(2)26-21-18(13-24-26)11-19(12-23-21)22(27)25(15-20-9-6-10-28-20)14-17-7-4-3-5-8-17/h3-13,16H,14-15H2,1-2H3. The summed E-state index contributed by atoms with van der Waals surface area (Å²) in [5.74, 6) is 0.651. The van der Waals surface area contributed by atoms with Crippen molar-refractivity contribution in [3.63, 3.8) is 0 Å². The van der Waals surface area contributed by atoms with E-state index in [2.05, 4.69) is 23.9 Å². The molecule has 0 spiro atoms. The van der Waals surface area contributed by atoms with Crippen molar-refractivity contribution in [2.75, 3.05) is 0 Å². The first-order valence-electron chi connectivity index (χ1n) is 9.30. The van der Waals surface area contributed by atoms with Gasteiger partial charge in [-0.2, -0.15) is 5.10 Å². The normalized spacial score (nSPS) is 11.2. The molecule has 0 saturated heterocycles. The Hall–Kier alpha value is -3.41. The van der Waals surface area contributed by atoms with E-state index < -0.39 is 0 Å². The first-order chi connectivity index (χ1) is 13.6. The summed E-state index contributed by atoms with van der Waals surface area (Å²) in [5.41, 5.74) is 2.38. The Bertz CT molecular complexity index is 1070. The van der Waals surface area contributed by atoms with Crippen LogP contribution in [0.4, 0.5) is 0 Å². The van der Waals surface area contributed by atoms with E-state index in [0.717, 1.165) is 22.4 Å². The van der Waals surface area contributed by atoms with Gasteiger partial charge >= 0.3 is 0 Å². The number of fused-ring (bicyclic) bond motifs is 1. The van der Waals surface area contributed by atoms with Gasteiger partial charge in [-0.3, -0.25) is 4.79 Å². The summed E-state index contributed by atoms with van der Waals surface area (Å²) in [6, 6.07) is 15.7. The van der Waals surface area contributed by atoms with Crippen LogP contribution in [0.2, 0.25) is 0 Å². The molecule has 0 unspecified atom stereocenters. The van der Waals surface area contributed by atoms with Crippen LogP contribution in [-0.2, 0) is 13.1 Å². The number of rotatable bonds is 6. The van der Waals surface area contributed by atoms with Crippen molar-refractivity contribution < 1.29 is 9.21 Å². The van der Waals surface area contributed by atoms with Crippen LogP contribution in [0, 0.1) is 0 Å². The molecular weight excluding hydrogens is 352 g/mol. The number of carbonyl (C=O) groups excluding carboxylic acids is 1. The molecule has 0 aliphatic heterocycles. The molecule has 4 aromatic rings. The third-order valence-corrected chi connectivity index (χ3v) is 4.60. The molecular formula is C22H22N4O2. The number of carbonyl (C=O) groups is 1. The van der Waals surface area contributed by atoms with Gasteiger partial charge < -0.3 is 9.32 Å². The maximum atomic E-state index is 13.3. The van der Waals surface area contributed by atoms with Gasteiger partial charge in [0.2, 0.25) is 0 Å². The van der Waals surface area contributed by atoms with Crippen LogP contribution < -0.4 is 0 Å². The molecule has 1 aromatic carbocycles. The fraction of sp³-hybridized carbons (Fsp3) is 0.227. The van der Waals surface area contributed by atoms with Crippen LogP contribution in [0.25, 0.3) is 11.0 Å².